The van der Waals surface area contributed by atoms with Crippen molar-refractivity contribution in [1.29, 1.82) is 0 Å². The summed E-state index contributed by atoms with van der Waals surface area (Å²) in [5.41, 5.74) is 10.6. The van der Waals surface area contributed by atoms with Crippen molar-refractivity contribution < 1.29 is 9.53 Å². The molecule has 0 atom stereocenters. The Hall–Kier alpha value is -2.60. The van der Waals surface area contributed by atoms with Crippen LogP contribution in [-0.2, 0) is 4.74 Å². The van der Waals surface area contributed by atoms with Crippen molar-refractivity contribution in [1.82, 2.24) is 10.3 Å². The minimum atomic E-state index is -0.0195. The van der Waals surface area contributed by atoms with Crippen molar-refractivity contribution >= 4 is 17.4 Å². The molecule has 1 aliphatic heterocycles. The molecule has 0 radical (unpaired) electrons. The third-order valence-corrected chi connectivity index (χ3v) is 5.22. The topological polar surface area (TPSA) is 89.3 Å². The third kappa shape index (κ3) is 3.90. The Morgan fingerprint density at radius 3 is 2.74 bits per heavy atom. The van der Waals surface area contributed by atoms with Gasteiger partial charge in [-0.1, -0.05) is 13.0 Å². The summed E-state index contributed by atoms with van der Waals surface area (Å²) in [5, 5.41) is 6.36. The first-order chi connectivity index (χ1) is 12.9. The molecule has 6 nitrogen and oxygen atoms in total. The molecule has 0 bridgehead atoms. The quantitative estimate of drug-likeness (QED) is 0.731. The van der Waals surface area contributed by atoms with Gasteiger partial charge in [0.25, 0.3) is 5.91 Å². The van der Waals surface area contributed by atoms with Crippen molar-refractivity contribution in [3.8, 4) is 11.1 Å². The van der Waals surface area contributed by atoms with Crippen LogP contribution < -0.4 is 16.4 Å². The van der Waals surface area contributed by atoms with Gasteiger partial charge in [-0.2, -0.15) is 0 Å². The van der Waals surface area contributed by atoms with Crippen LogP contribution in [0.3, 0.4) is 0 Å². The second-order valence-electron chi connectivity index (χ2n) is 8.10. The zero-order valence-electron chi connectivity index (χ0n) is 15.8. The number of pyridine rings is 1. The molecule has 1 saturated heterocycles. The van der Waals surface area contributed by atoms with Gasteiger partial charge in [0.05, 0.1) is 18.9 Å². The van der Waals surface area contributed by atoms with E-state index in [1.165, 1.54) is 0 Å². The number of amides is 1. The number of nitrogen functional groups attached to an aromatic ring is 1. The van der Waals surface area contributed by atoms with Crippen molar-refractivity contribution in [3.05, 3.63) is 41.6 Å². The standard InChI is InChI=1S/C21H26N4O2/c1-13-3-4-14(20(26)25-16-5-6-16)7-17(13)15-8-18(22)19(23-9-15)24-10-21(2)11-27-12-21/h3-4,7-9,16H,5-6,10-12,22H2,1-2H3,(H,23,24)(H,25,26). The predicted molar refractivity (Wildman–Crippen MR) is 107 cm³/mol. The third-order valence-electron chi connectivity index (χ3n) is 5.22. The Balaban J connectivity index is 1.53. The maximum absolute atomic E-state index is 12.4. The Labute approximate surface area is 159 Å². The molecule has 0 unspecified atom stereocenters. The summed E-state index contributed by atoms with van der Waals surface area (Å²) in [4.78, 5) is 16.9. The van der Waals surface area contributed by atoms with E-state index in [9.17, 15) is 4.79 Å². The number of rotatable bonds is 6. The number of carbonyl (C=O) groups is 1. The van der Waals surface area contributed by atoms with Crippen LogP contribution in [0.5, 0.6) is 0 Å². The SMILES string of the molecule is Cc1ccc(C(=O)NC2CC2)cc1-c1cnc(NCC2(C)COC2)c(N)c1. The molecule has 27 heavy (non-hydrogen) atoms. The van der Waals surface area contributed by atoms with Crippen molar-refractivity contribution in [2.45, 2.75) is 32.7 Å². The molecule has 2 fully saturated rings. The highest BCUT2D eigenvalue weighted by atomic mass is 16.5. The van der Waals surface area contributed by atoms with Gasteiger partial charge in [0.15, 0.2) is 0 Å². The summed E-state index contributed by atoms with van der Waals surface area (Å²) in [6, 6.07) is 8.01. The van der Waals surface area contributed by atoms with E-state index in [1.54, 1.807) is 0 Å². The van der Waals surface area contributed by atoms with E-state index in [0.29, 0.717) is 23.1 Å². The van der Waals surface area contributed by atoms with Crippen LogP contribution in [0, 0.1) is 12.3 Å². The van der Waals surface area contributed by atoms with Gasteiger partial charge in [-0.15, -0.1) is 0 Å². The number of nitrogens with one attached hydrogen (secondary N) is 2. The van der Waals surface area contributed by atoms with Crippen molar-refractivity contribution in [2.24, 2.45) is 5.41 Å². The molecule has 142 valence electrons. The number of hydrogen-bond donors (Lipinski definition) is 3. The highest BCUT2D eigenvalue weighted by Crippen LogP contribution is 2.31. The van der Waals surface area contributed by atoms with Crippen molar-refractivity contribution in [2.75, 3.05) is 30.8 Å². The Morgan fingerprint density at radius 2 is 2.11 bits per heavy atom. The highest BCUT2D eigenvalue weighted by molar-refractivity contribution is 5.96. The number of nitrogens with two attached hydrogens (primary N) is 1. The molecular formula is C21H26N4O2. The maximum atomic E-state index is 12.4. The molecule has 1 amide bonds. The van der Waals surface area contributed by atoms with Gasteiger partial charge in [-0.3, -0.25) is 4.79 Å². The predicted octanol–water partition coefficient (Wildman–Crippen LogP) is 2.98. The van der Waals surface area contributed by atoms with Crippen LogP contribution in [0.15, 0.2) is 30.5 Å². The van der Waals surface area contributed by atoms with Gasteiger partial charge in [0.2, 0.25) is 0 Å². The van der Waals surface area contributed by atoms with Crippen LogP contribution in [0.25, 0.3) is 11.1 Å². The highest BCUT2D eigenvalue weighted by Gasteiger charge is 2.33. The maximum Gasteiger partial charge on any atom is 0.251 e. The zero-order valence-corrected chi connectivity index (χ0v) is 15.8. The Morgan fingerprint density at radius 1 is 1.33 bits per heavy atom. The number of anilines is 2. The minimum Gasteiger partial charge on any atom is -0.396 e. The van der Waals surface area contributed by atoms with Crippen LogP contribution in [0.2, 0.25) is 0 Å². The first-order valence-corrected chi connectivity index (χ1v) is 9.43. The number of nitrogens with zero attached hydrogens (tertiary/aromatic N) is 1. The largest absolute Gasteiger partial charge is 0.396 e. The fourth-order valence-electron chi connectivity index (χ4n) is 3.20. The van der Waals surface area contributed by atoms with Crippen LogP contribution in [-0.4, -0.2) is 36.7 Å². The first-order valence-electron chi connectivity index (χ1n) is 9.43. The lowest BCUT2D eigenvalue weighted by molar-refractivity contribution is -0.0924. The molecule has 4 rings (SSSR count). The van der Waals surface area contributed by atoms with Crippen LogP contribution >= 0.6 is 0 Å². The first kappa shape index (κ1) is 17.8. The molecule has 0 spiro atoms. The lowest BCUT2D eigenvalue weighted by Gasteiger charge is -2.38. The molecule has 2 heterocycles. The summed E-state index contributed by atoms with van der Waals surface area (Å²) >= 11 is 0. The van der Waals surface area contributed by atoms with E-state index >= 15 is 0 Å². The number of carbonyl (C=O) groups excluding carboxylic acids is 1. The number of aromatic nitrogens is 1. The fraction of sp³-hybridized carbons (Fsp3) is 0.429. The average molecular weight is 366 g/mol. The van der Waals surface area contributed by atoms with E-state index in [4.69, 9.17) is 10.5 Å². The molecular weight excluding hydrogens is 340 g/mol. The van der Waals surface area contributed by atoms with E-state index in [1.807, 2.05) is 37.4 Å². The Bertz CT molecular complexity index is 872. The average Bonchev–Trinajstić information content (AvgIpc) is 3.43. The normalized spacial score (nSPS) is 17.9. The van der Waals surface area contributed by atoms with Gasteiger partial charge >= 0.3 is 0 Å². The summed E-state index contributed by atoms with van der Waals surface area (Å²) in [6.07, 6.45) is 3.96. The van der Waals surface area contributed by atoms with E-state index in [0.717, 1.165) is 49.3 Å². The molecule has 1 aromatic carbocycles. The minimum absolute atomic E-state index is 0.0195. The lowest BCUT2D eigenvalue weighted by Crippen LogP contribution is -2.45. The Kier molecular flexibility index (Phi) is 4.52. The summed E-state index contributed by atoms with van der Waals surface area (Å²) < 4.78 is 5.28. The number of hydrogen-bond acceptors (Lipinski definition) is 5. The van der Waals surface area contributed by atoms with Crippen molar-refractivity contribution in [3.63, 3.8) is 0 Å². The molecule has 2 aliphatic rings. The van der Waals surface area contributed by atoms with Gasteiger partial charge in [-0.05, 0) is 49.1 Å². The van der Waals surface area contributed by atoms with E-state index in [-0.39, 0.29) is 11.3 Å². The molecule has 2 aromatic rings. The van der Waals surface area contributed by atoms with E-state index in [2.05, 4.69) is 22.5 Å². The summed E-state index contributed by atoms with van der Waals surface area (Å²) in [7, 11) is 0. The fourth-order valence-corrected chi connectivity index (χ4v) is 3.20. The number of ether oxygens (including phenoxy) is 1. The number of aryl methyl sites for hydroxylation is 1. The second-order valence-corrected chi connectivity index (χ2v) is 8.10. The smallest absolute Gasteiger partial charge is 0.251 e. The van der Waals surface area contributed by atoms with Gasteiger partial charge in [0, 0.05) is 35.3 Å². The molecule has 6 heteroatoms. The van der Waals surface area contributed by atoms with Gasteiger partial charge in [-0.25, -0.2) is 4.98 Å². The second kappa shape index (κ2) is 6.85. The van der Waals surface area contributed by atoms with Gasteiger partial charge in [0.1, 0.15) is 5.82 Å². The number of benzene rings is 1. The van der Waals surface area contributed by atoms with Crippen LogP contribution in [0.4, 0.5) is 11.5 Å². The van der Waals surface area contributed by atoms with E-state index < -0.39 is 0 Å². The molecule has 1 aliphatic carbocycles. The lowest BCUT2D eigenvalue weighted by atomic mass is 9.89. The van der Waals surface area contributed by atoms with Gasteiger partial charge < -0.3 is 21.1 Å². The molecule has 1 saturated carbocycles. The molecule has 4 N–H and O–H groups in total. The monoisotopic (exact) mass is 366 g/mol. The summed E-state index contributed by atoms with van der Waals surface area (Å²) in [5.74, 6) is 0.668. The zero-order chi connectivity index (χ0) is 19.0. The van der Waals surface area contributed by atoms with Crippen LogP contribution in [0.1, 0.15) is 35.7 Å². The molecule has 1 aromatic heterocycles. The summed E-state index contributed by atoms with van der Waals surface area (Å²) in [6.45, 7) is 6.49.